The van der Waals surface area contributed by atoms with Crippen LogP contribution in [-0.4, -0.2) is 23.9 Å². The van der Waals surface area contributed by atoms with Gasteiger partial charge in [0.25, 0.3) is 0 Å². The minimum absolute atomic E-state index is 0.661. The lowest BCUT2D eigenvalue weighted by Crippen LogP contribution is -2.39. The number of aliphatic carboxylic acids is 1. The van der Waals surface area contributed by atoms with Crippen molar-refractivity contribution in [2.24, 2.45) is 5.73 Å². The Bertz CT molecular complexity index is 237. The summed E-state index contributed by atoms with van der Waals surface area (Å²) < 4.78 is 4.02. The van der Waals surface area contributed by atoms with Crippen LogP contribution in [0.2, 0.25) is 0 Å². The van der Waals surface area contributed by atoms with Crippen LogP contribution >= 0.6 is 0 Å². The molecule has 0 aromatic carbocycles. The monoisotopic (exact) mass is 232 g/mol. The number of ether oxygens (including phenoxy) is 1. The molecule has 0 aromatic rings. The number of carbonyl (C=O) groups is 3. The molecular formula is C10H18NO5-. The Balaban J connectivity index is 0. The third kappa shape index (κ3) is 12.6. The van der Waals surface area contributed by atoms with Gasteiger partial charge in [-0.1, -0.05) is 26.7 Å². The van der Waals surface area contributed by atoms with Crippen LogP contribution in [0.3, 0.4) is 0 Å². The predicted octanol–water partition coefficient (Wildman–Crippen LogP) is -0.650. The molecule has 0 bridgehead atoms. The summed E-state index contributed by atoms with van der Waals surface area (Å²) in [6.45, 7) is 5.38. The minimum Gasteiger partial charge on any atom is -0.550 e. The van der Waals surface area contributed by atoms with E-state index in [-0.39, 0.29) is 0 Å². The van der Waals surface area contributed by atoms with Gasteiger partial charge in [-0.2, -0.15) is 0 Å². The summed E-state index contributed by atoms with van der Waals surface area (Å²) in [5.74, 6) is -3.36. The van der Waals surface area contributed by atoms with E-state index < -0.39 is 30.4 Å². The number of carboxylic acid groups (broad SMARTS) is 1. The van der Waals surface area contributed by atoms with Gasteiger partial charge in [0.05, 0.1) is 0 Å². The fourth-order valence-corrected chi connectivity index (χ4v) is 0.480. The zero-order chi connectivity index (χ0) is 13.1. The van der Waals surface area contributed by atoms with Gasteiger partial charge < -0.3 is 20.4 Å². The molecule has 0 saturated heterocycles. The highest BCUT2D eigenvalue weighted by atomic mass is 16.6. The summed E-state index contributed by atoms with van der Waals surface area (Å²) in [7, 11) is 0. The summed E-state index contributed by atoms with van der Waals surface area (Å²) in [6.07, 6.45) is 1.98. The van der Waals surface area contributed by atoms with Crippen LogP contribution in [0.15, 0.2) is 0 Å². The molecule has 0 fully saturated rings. The lowest BCUT2D eigenvalue weighted by atomic mass is 10.2. The number of carboxylic acids is 1. The van der Waals surface area contributed by atoms with E-state index in [1.165, 1.54) is 12.8 Å². The van der Waals surface area contributed by atoms with Gasteiger partial charge in [-0.05, 0) is 0 Å². The molecule has 0 aromatic heterocycles. The SMILES string of the molecule is CC(=O)OC(=O)C(N)CC(=O)[O-].CCCC. The standard InChI is InChI=1S/C6H9NO5.C4H10/c1-3(8)12-6(11)4(7)2-5(9)10;1-3-4-2/h4H,2,7H2,1H3,(H,9,10);3-4H2,1-2H3/p-1. The molecule has 0 aliphatic rings. The Morgan fingerprint density at radius 3 is 1.94 bits per heavy atom. The molecule has 2 N–H and O–H groups in total. The first kappa shape index (κ1) is 17.0. The van der Waals surface area contributed by atoms with Crippen LogP contribution in [0.25, 0.3) is 0 Å². The van der Waals surface area contributed by atoms with Gasteiger partial charge in [0.15, 0.2) is 0 Å². The van der Waals surface area contributed by atoms with Crippen molar-refractivity contribution in [3.63, 3.8) is 0 Å². The summed E-state index contributed by atoms with van der Waals surface area (Å²) in [6, 6.07) is -1.35. The van der Waals surface area contributed by atoms with Crippen LogP contribution in [0.4, 0.5) is 0 Å². The van der Waals surface area contributed by atoms with Gasteiger partial charge in [0.1, 0.15) is 6.04 Å². The molecule has 0 aliphatic carbocycles. The zero-order valence-electron chi connectivity index (χ0n) is 9.82. The van der Waals surface area contributed by atoms with E-state index in [0.29, 0.717) is 0 Å². The number of hydrogen-bond acceptors (Lipinski definition) is 6. The number of unbranched alkanes of at least 4 members (excludes halogenated alkanes) is 1. The summed E-state index contributed by atoms with van der Waals surface area (Å²) in [4.78, 5) is 30.7. The molecule has 6 nitrogen and oxygen atoms in total. The smallest absolute Gasteiger partial charge is 0.330 e. The zero-order valence-corrected chi connectivity index (χ0v) is 9.82. The average Bonchev–Trinajstić information content (AvgIpc) is 2.16. The Labute approximate surface area is 94.8 Å². The van der Waals surface area contributed by atoms with Crippen molar-refractivity contribution in [3.8, 4) is 0 Å². The first-order valence-corrected chi connectivity index (χ1v) is 5.02. The Morgan fingerprint density at radius 1 is 1.25 bits per heavy atom. The first-order chi connectivity index (χ1) is 7.34. The van der Waals surface area contributed by atoms with Crippen molar-refractivity contribution in [2.75, 3.05) is 0 Å². The van der Waals surface area contributed by atoms with Crippen LogP contribution in [0.5, 0.6) is 0 Å². The number of nitrogens with two attached hydrogens (primary N) is 1. The van der Waals surface area contributed by atoms with Crippen LogP contribution in [0.1, 0.15) is 40.0 Å². The molecule has 1 atom stereocenters. The van der Waals surface area contributed by atoms with Crippen molar-refractivity contribution in [1.82, 2.24) is 0 Å². The van der Waals surface area contributed by atoms with Crippen molar-refractivity contribution in [1.29, 1.82) is 0 Å². The van der Waals surface area contributed by atoms with Crippen molar-refractivity contribution in [2.45, 2.75) is 46.1 Å². The largest absolute Gasteiger partial charge is 0.550 e. The summed E-state index contributed by atoms with van der Waals surface area (Å²) in [5, 5.41) is 9.92. The Morgan fingerprint density at radius 2 is 1.69 bits per heavy atom. The van der Waals surface area contributed by atoms with Crippen LogP contribution in [-0.2, 0) is 19.1 Å². The molecule has 0 saturated carbocycles. The molecule has 16 heavy (non-hydrogen) atoms. The van der Waals surface area contributed by atoms with Gasteiger partial charge in [-0.15, -0.1) is 0 Å². The Hall–Kier alpha value is -1.43. The molecule has 6 heteroatoms. The maximum atomic E-state index is 10.6. The van der Waals surface area contributed by atoms with Crippen LogP contribution < -0.4 is 10.8 Å². The van der Waals surface area contributed by atoms with E-state index in [2.05, 4.69) is 18.6 Å². The van der Waals surface area contributed by atoms with Gasteiger partial charge in [-0.3, -0.25) is 4.79 Å². The van der Waals surface area contributed by atoms with Crippen LogP contribution in [0, 0.1) is 0 Å². The minimum atomic E-state index is -1.47. The predicted molar refractivity (Wildman–Crippen MR) is 55.0 cm³/mol. The molecular weight excluding hydrogens is 214 g/mol. The third-order valence-corrected chi connectivity index (χ3v) is 1.43. The number of hydrogen-bond donors (Lipinski definition) is 1. The lowest BCUT2D eigenvalue weighted by Gasteiger charge is -2.08. The highest BCUT2D eigenvalue weighted by Gasteiger charge is 2.16. The molecule has 0 radical (unpaired) electrons. The van der Waals surface area contributed by atoms with Crippen molar-refractivity contribution >= 4 is 17.9 Å². The van der Waals surface area contributed by atoms with Gasteiger partial charge in [0, 0.05) is 19.3 Å². The molecule has 0 spiro atoms. The second-order valence-corrected chi connectivity index (χ2v) is 3.10. The number of rotatable bonds is 4. The molecule has 94 valence electrons. The second kappa shape index (κ2) is 10.1. The van der Waals surface area contributed by atoms with E-state index in [9.17, 15) is 19.5 Å². The maximum Gasteiger partial charge on any atom is 0.330 e. The van der Waals surface area contributed by atoms with Gasteiger partial charge in [0.2, 0.25) is 0 Å². The fourth-order valence-electron chi connectivity index (χ4n) is 0.480. The number of carbonyl (C=O) groups excluding carboxylic acids is 3. The van der Waals surface area contributed by atoms with E-state index in [1.807, 2.05) is 0 Å². The molecule has 0 amide bonds. The van der Waals surface area contributed by atoms with Crippen molar-refractivity contribution in [3.05, 3.63) is 0 Å². The average molecular weight is 232 g/mol. The lowest BCUT2D eigenvalue weighted by molar-refractivity contribution is -0.306. The van der Waals surface area contributed by atoms with Gasteiger partial charge >= 0.3 is 11.9 Å². The highest BCUT2D eigenvalue weighted by Crippen LogP contribution is 1.91. The Kier molecular flexibility index (Phi) is 10.7. The van der Waals surface area contributed by atoms with E-state index >= 15 is 0 Å². The van der Waals surface area contributed by atoms with Crippen molar-refractivity contribution < 1.29 is 24.2 Å². The second-order valence-electron chi connectivity index (χ2n) is 3.10. The fraction of sp³-hybridized carbons (Fsp3) is 0.700. The first-order valence-electron chi connectivity index (χ1n) is 5.02. The normalized spacial score (nSPS) is 10.8. The summed E-state index contributed by atoms with van der Waals surface area (Å²) >= 11 is 0. The topological polar surface area (TPSA) is 110 Å². The van der Waals surface area contributed by atoms with E-state index in [4.69, 9.17) is 5.73 Å². The van der Waals surface area contributed by atoms with E-state index in [0.717, 1.165) is 6.92 Å². The summed E-state index contributed by atoms with van der Waals surface area (Å²) in [5.41, 5.74) is 5.02. The molecule has 0 aliphatic heterocycles. The van der Waals surface area contributed by atoms with E-state index in [1.54, 1.807) is 0 Å². The third-order valence-electron chi connectivity index (χ3n) is 1.43. The maximum absolute atomic E-state index is 10.6. The molecule has 1 unspecified atom stereocenters. The highest BCUT2D eigenvalue weighted by molar-refractivity contribution is 5.89. The number of esters is 2. The van der Waals surface area contributed by atoms with Gasteiger partial charge in [-0.25, -0.2) is 4.79 Å². The molecule has 0 rings (SSSR count). The molecule has 0 heterocycles. The quantitative estimate of drug-likeness (QED) is 0.509.